The predicted octanol–water partition coefficient (Wildman–Crippen LogP) is 8.81. The average molecular weight is 475 g/mol. The summed E-state index contributed by atoms with van der Waals surface area (Å²) >= 11 is 11.8. The molecule has 0 aromatic heterocycles. The zero-order valence-corrected chi connectivity index (χ0v) is 21.9. The summed E-state index contributed by atoms with van der Waals surface area (Å²) in [6.07, 6.45) is 18.4. The van der Waals surface area contributed by atoms with Gasteiger partial charge in [0.1, 0.15) is 0 Å². The Morgan fingerprint density at radius 1 is 0.742 bits per heavy atom. The van der Waals surface area contributed by atoms with Crippen LogP contribution < -0.4 is 0 Å². The summed E-state index contributed by atoms with van der Waals surface area (Å²) in [7, 11) is 6.00. The number of nitrogens with zero attached hydrogens (tertiary/aromatic N) is 1. The van der Waals surface area contributed by atoms with Crippen molar-refractivity contribution < 1.29 is 9.53 Å². The number of carbonyl (C=O) groups is 1. The number of hydrogen-bond donors (Lipinski definition) is 0. The smallest absolute Gasteiger partial charge is 0.338 e. The van der Waals surface area contributed by atoms with E-state index in [1.54, 1.807) is 18.2 Å². The maximum atomic E-state index is 11.9. The van der Waals surface area contributed by atoms with Crippen LogP contribution in [0, 0.1) is 0 Å². The quantitative estimate of drug-likeness (QED) is 0.177. The first-order chi connectivity index (χ1) is 14.9. The molecule has 0 amide bonds. The van der Waals surface area contributed by atoms with Gasteiger partial charge in [0.2, 0.25) is 0 Å². The highest BCUT2D eigenvalue weighted by atomic mass is 35.5. The van der Waals surface area contributed by atoms with E-state index in [-0.39, 0.29) is 5.97 Å². The minimum Gasteiger partial charge on any atom is -0.462 e. The van der Waals surface area contributed by atoms with Gasteiger partial charge in [-0.1, -0.05) is 114 Å². The molecule has 0 fully saturated rings. The van der Waals surface area contributed by atoms with E-state index in [2.05, 4.69) is 6.92 Å². The molecule has 0 saturated heterocycles. The first-order valence-corrected chi connectivity index (χ1v) is 12.9. The lowest BCUT2D eigenvalue weighted by Crippen LogP contribution is -2.06. The summed E-state index contributed by atoms with van der Waals surface area (Å²) in [5.74, 6) is -0.330. The molecule has 0 N–H and O–H groups in total. The van der Waals surface area contributed by atoms with E-state index < -0.39 is 0 Å². The lowest BCUT2D eigenvalue weighted by molar-refractivity contribution is 0.0497. The van der Waals surface area contributed by atoms with Gasteiger partial charge in [-0.2, -0.15) is 0 Å². The Morgan fingerprint density at radius 3 is 1.58 bits per heavy atom. The Morgan fingerprint density at radius 2 is 1.16 bits per heavy atom. The second kappa shape index (κ2) is 21.1. The summed E-state index contributed by atoms with van der Waals surface area (Å²) in [6.45, 7) is 2.74. The fourth-order valence-electron chi connectivity index (χ4n) is 3.17. The molecule has 0 aliphatic heterocycles. The monoisotopic (exact) mass is 473 g/mol. The van der Waals surface area contributed by atoms with Crippen molar-refractivity contribution in [2.75, 3.05) is 27.7 Å². The molecule has 0 radical (unpaired) electrons. The Hall–Kier alpha value is -0.770. The minimum absolute atomic E-state index is 0.330. The van der Waals surface area contributed by atoms with E-state index >= 15 is 0 Å². The van der Waals surface area contributed by atoms with Crippen LogP contribution in [0.3, 0.4) is 0 Å². The van der Waals surface area contributed by atoms with E-state index in [1.807, 2.05) is 26.0 Å². The molecule has 0 bridgehead atoms. The van der Waals surface area contributed by atoms with Crippen molar-refractivity contribution in [2.45, 2.75) is 96.8 Å². The molecule has 3 nitrogen and oxygen atoms in total. The Labute approximate surface area is 201 Å². The zero-order chi connectivity index (χ0) is 23.3. The zero-order valence-electron chi connectivity index (χ0n) is 20.4. The Kier molecular flexibility index (Phi) is 20.6. The topological polar surface area (TPSA) is 29.5 Å². The highest BCUT2D eigenvalue weighted by Gasteiger charge is 2.09. The van der Waals surface area contributed by atoms with Crippen LogP contribution in [-0.2, 0) is 4.74 Å². The predicted molar refractivity (Wildman–Crippen MR) is 137 cm³/mol. The lowest BCUT2D eigenvalue weighted by Gasteiger charge is -2.06. The number of ether oxygens (including phenoxy) is 1. The summed E-state index contributed by atoms with van der Waals surface area (Å²) in [5, 5.41) is 0.822. The van der Waals surface area contributed by atoms with Crippen molar-refractivity contribution in [3.8, 4) is 0 Å². The molecule has 0 atom stereocenters. The second-order valence-corrected chi connectivity index (χ2v) is 9.52. The molecule has 1 aromatic rings. The summed E-state index contributed by atoms with van der Waals surface area (Å²) < 4.78 is 5.29. The third kappa shape index (κ3) is 19.6. The van der Waals surface area contributed by atoms with Gasteiger partial charge in [0.25, 0.3) is 0 Å². The maximum Gasteiger partial charge on any atom is 0.338 e. The number of unbranched alkanes of at least 4 members (excludes halogenated alkanes) is 13. The van der Waals surface area contributed by atoms with Gasteiger partial charge in [-0.3, -0.25) is 0 Å². The molecular formula is C26H45Cl2NO2. The fraction of sp³-hybridized carbons (Fsp3) is 0.731. The molecule has 31 heavy (non-hydrogen) atoms. The molecule has 0 aliphatic carbocycles. The molecule has 0 saturated carbocycles. The van der Waals surface area contributed by atoms with E-state index in [1.165, 1.54) is 77.0 Å². The van der Waals surface area contributed by atoms with Crippen LogP contribution in [0.15, 0.2) is 18.2 Å². The number of benzene rings is 1. The SMILES string of the molecule is CCCCCCCCCCCCCCCCOC(=O)c1ccc(Cl)c(Cl)c1.CN(C)C. The third-order valence-electron chi connectivity index (χ3n) is 4.89. The number of halogens is 2. The van der Waals surface area contributed by atoms with Crippen molar-refractivity contribution in [3.05, 3.63) is 33.8 Å². The van der Waals surface area contributed by atoms with E-state index in [0.29, 0.717) is 22.2 Å². The van der Waals surface area contributed by atoms with Crippen LogP contribution in [0.4, 0.5) is 0 Å². The fourth-order valence-corrected chi connectivity index (χ4v) is 3.47. The second-order valence-electron chi connectivity index (χ2n) is 8.70. The molecule has 0 heterocycles. The van der Waals surface area contributed by atoms with Crippen molar-refractivity contribution in [2.24, 2.45) is 0 Å². The van der Waals surface area contributed by atoms with Gasteiger partial charge in [-0.15, -0.1) is 0 Å². The van der Waals surface area contributed by atoms with Gasteiger partial charge in [-0.05, 0) is 45.8 Å². The molecule has 180 valence electrons. The molecule has 0 aliphatic rings. The molecule has 0 spiro atoms. The van der Waals surface area contributed by atoms with Crippen molar-refractivity contribution in [1.29, 1.82) is 0 Å². The van der Waals surface area contributed by atoms with Crippen LogP contribution in [0.2, 0.25) is 10.0 Å². The van der Waals surface area contributed by atoms with Gasteiger partial charge in [0, 0.05) is 0 Å². The largest absolute Gasteiger partial charge is 0.462 e. The van der Waals surface area contributed by atoms with Gasteiger partial charge >= 0.3 is 5.97 Å². The molecular weight excluding hydrogens is 429 g/mol. The normalized spacial score (nSPS) is 10.7. The molecule has 1 aromatic carbocycles. The summed E-state index contributed by atoms with van der Waals surface area (Å²) in [5.41, 5.74) is 0.453. The van der Waals surface area contributed by atoms with E-state index in [9.17, 15) is 4.79 Å². The van der Waals surface area contributed by atoms with Crippen LogP contribution in [-0.4, -0.2) is 38.6 Å². The standard InChI is InChI=1S/C23H36Cl2O2.C3H9N/c1-2-3-4-5-6-7-8-9-10-11-12-13-14-15-18-27-23(26)20-16-17-21(24)22(25)19-20;1-4(2)3/h16-17,19H,2-15,18H2,1H3;1-3H3. The number of carbonyl (C=O) groups excluding carboxylic acids is 1. The number of rotatable bonds is 16. The number of esters is 1. The molecule has 0 unspecified atom stereocenters. The lowest BCUT2D eigenvalue weighted by atomic mass is 10.0. The van der Waals surface area contributed by atoms with Crippen LogP contribution in [0.1, 0.15) is 107 Å². The minimum atomic E-state index is -0.330. The van der Waals surface area contributed by atoms with Gasteiger partial charge in [-0.25, -0.2) is 4.79 Å². The van der Waals surface area contributed by atoms with Crippen molar-refractivity contribution in [3.63, 3.8) is 0 Å². The van der Waals surface area contributed by atoms with Gasteiger partial charge in [0.05, 0.1) is 22.2 Å². The van der Waals surface area contributed by atoms with Crippen LogP contribution >= 0.6 is 23.2 Å². The number of hydrogen-bond acceptors (Lipinski definition) is 3. The summed E-state index contributed by atoms with van der Waals surface area (Å²) in [6, 6.07) is 4.81. The Balaban J connectivity index is 0.00000206. The van der Waals surface area contributed by atoms with E-state index in [4.69, 9.17) is 27.9 Å². The van der Waals surface area contributed by atoms with Gasteiger partial charge < -0.3 is 9.64 Å². The van der Waals surface area contributed by atoms with Gasteiger partial charge in [0.15, 0.2) is 0 Å². The highest BCUT2D eigenvalue weighted by molar-refractivity contribution is 6.42. The third-order valence-corrected chi connectivity index (χ3v) is 5.63. The van der Waals surface area contributed by atoms with Crippen LogP contribution in [0.5, 0.6) is 0 Å². The molecule has 1 rings (SSSR count). The van der Waals surface area contributed by atoms with Crippen molar-refractivity contribution in [1.82, 2.24) is 4.90 Å². The first kappa shape index (κ1) is 30.2. The van der Waals surface area contributed by atoms with E-state index in [0.717, 1.165) is 12.8 Å². The Bertz CT molecular complexity index is 562. The van der Waals surface area contributed by atoms with Crippen LogP contribution in [0.25, 0.3) is 0 Å². The van der Waals surface area contributed by atoms with Crippen molar-refractivity contribution >= 4 is 29.2 Å². The molecule has 5 heteroatoms. The first-order valence-electron chi connectivity index (χ1n) is 12.1. The maximum absolute atomic E-state index is 11.9. The highest BCUT2D eigenvalue weighted by Crippen LogP contribution is 2.23. The average Bonchev–Trinajstić information content (AvgIpc) is 2.72. The summed E-state index contributed by atoms with van der Waals surface area (Å²) in [4.78, 5) is 13.9.